The topological polar surface area (TPSA) is 128 Å². The zero-order chi connectivity index (χ0) is 34.6. The number of amides is 2. The second-order valence-electron chi connectivity index (χ2n) is 12.3. The zero-order valence-corrected chi connectivity index (χ0v) is 28.7. The van der Waals surface area contributed by atoms with Crippen LogP contribution in [0.3, 0.4) is 0 Å². The molecule has 0 bridgehead atoms. The molecule has 5 rings (SSSR count). The number of benzene rings is 2. The van der Waals surface area contributed by atoms with Crippen LogP contribution in [0, 0.1) is 17.2 Å². The van der Waals surface area contributed by atoms with Crippen molar-refractivity contribution >= 4 is 23.5 Å². The summed E-state index contributed by atoms with van der Waals surface area (Å²) >= 11 is 0. The lowest BCUT2D eigenvalue weighted by atomic mass is 9.97. The van der Waals surface area contributed by atoms with Gasteiger partial charge in [-0.05, 0) is 55.0 Å². The van der Waals surface area contributed by atoms with Gasteiger partial charge >= 0.3 is 6.03 Å². The van der Waals surface area contributed by atoms with Crippen molar-refractivity contribution in [1.29, 1.82) is 5.26 Å². The Morgan fingerprint density at radius 1 is 0.939 bits per heavy atom. The van der Waals surface area contributed by atoms with E-state index in [-0.39, 0.29) is 11.9 Å². The SMILES string of the molecule is CCC[C@@H](CCCNc1ncc(C#N)c(-c2ccc(N(C)C)cc2)n1)CN(C(=O)NCc1ccccc1)c1ccc(-c2cnn(C)c2)cn1. The van der Waals surface area contributed by atoms with Crippen molar-refractivity contribution in [2.24, 2.45) is 13.0 Å². The molecule has 2 amide bonds. The summed E-state index contributed by atoms with van der Waals surface area (Å²) in [5, 5.41) is 20.4. The van der Waals surface area contributed by atoms with Gasteiger partial charge in [0.05, 0.1) is 23.7 Å². The number of aryl methyl sites for hydroxylation is 1. The maximum atomic E-state index is 13.7. The molecule has 0 fully saturated rings. The molecule has 49 heavy (non-hydrogen) atoms. The number of urea groups is 1. The smallest absolute Gasteiger partial charge is 0.323 e. The molecule has 252 valence electrons. The molecular formula is C38H44N10O. The van der Waals surface area contributed by atoms with Crippen molar-refractivity contribution in [2.75, 3.05) is 42.3 Å². The molecule has 2 N–H and O–H groups in total. The van der Waals surface area contributed by atoms with E-state index in [1.165, 1.54) is 0 Å². The van der Waals surface area contributed by atoms with Gasteiger partial charge in [-0.3, -0.25) is 9.58 Å². The van der Waals surface area contributed by atoms with Crippen LogP contribution >= 0.6 is 0 Å². The summed E-state index contributed by atoms with van der Waals surface area (Å²) in [6, 6.07) is 23.8. The van der Waals surface area contributed by atoms with Crippen molar-refractivity contribution in [1.82, 2.24) is 30.0 Å². The van der Waals surface area contributed by atoms with Gasteiger partial charge in [0.15, 0.2) is 0 Å². The molecule has 5 aromatic rings. The van der Waals surface area contributed by atoms with Gasteiger partial charge in [-0.1, -0.05) is 55.8 Å². The molecular weight excluding hydrogens is 612 g/mol. The number of carbonyl (C=O) groups is 1. The van der Waals surface area contributed by atoms with Gasteiger partial charge in [-0.2, -0.15) is 10.4 Å². The van der Waals surface area contributed by atoms with E-state index in [2.05, 4.69) is 33.7 Å². The third-order valence-electron chi connectivity index (χ3n) is 8.37. The van der Waals surface area contributed by atoms with Crippen LogP contribution in [0.2, 0.25) is 0 Å². The molecule has 0 saturated carbocycles. The van der Waals surface area contributed by atoms with E-state index in [9.17, 15) is 10.1 Å². The molecule has 0 aliphatic rings. The van der Waals surface area contributed by atoms with Gasteiger partial charge in [0.1, 0.15) is 11.9 Å². The lowest BCUT2D eigenvalue weighted by Crippen LogP contribution is -2.43. The van der Waals surface area contributed by atoms with Crippen LogP contribution in [0.5, 0.6) is 0 Å². The number of nitrogens with zero attached hydrogens (tertiary/aromatic N) is 8. The van der Waals surface area contributed by atoms with Crippen molar-refractivity contribution in [2.45, 2.75) is 39.2 Å². The Morgan fingerprint density at radius 3 is 2.37 bits per heavy atom. The molecule has 1 atom stereocenters. The van der Waals surface area contributed by atoms with E-state index >= 15 is 0 Å². The first-order chi connectivity index (χ1) is 23.8. The molecule has 0 aliphatic carbocycles. The summed E-state index contributed by atoms with van der Waals surface area (Å²) in [6.45, 7) is 3.79. The van der Waals surface area contributed by atoms with Crippen LogP contribution in [0.25, 0.3) is 22.4 Å². The minimum atomic E-state index is -0.179. The summed E-state index contributed by atoms with van der Waals surface area (Å²) in [4.78, 5) is 31.3. The summed E-state index contributed by atoms with van der Waals surface area (Å²) in [5.74, 6) is 1.34. The lowest BCUT2D eigenvalue weighted by molar-refractivity contribution is 0.243. The second-order valence-corrected chi connectivity index (χ2v) is 12.3. The molecule has 0 saturated heterocycles. The number of hydrogen-bond acceptors (Lipinski definition) is 8. The fourth-order valence-electron chi connectivity index (χ4n) is 5.71. The van der Waals surface area contributed by atoms with Crippen molar-refractivity contribution in [3.63, 3.8) is 0 Å². The van der Waals surface area contributed by atoms with E-state index in [1.54, 1.807) is 28.2 Å². The number of aromatic nitrogens is 5. The summed E-state index contributed by atoms with van der Waals surface area (Å²) in [5.41, 5.74) is 5.91. The predicted molar refractivity (Wildman–Crippen MR) is 195 cm³/mol. The minimum absolute atomic E-state index is 0.179. The molecule has 2 aromatic carbocycles. The fourth-order valence-corrected chi connectivity index (χ4v) is 5.71. The molecule has 3 aromatic heterocycles. The third kappa shape index (κ3) is 9.41. The Labute approximate surface area is 288 Å². The molecule has 11 nitrogen and oxygen atoms in total. The quantitative estimate of drug-likeness (QED) is 0.117. The van der Waals surface area contributed by atoms with Crippen LogP contribution in [-0.4, -0.2) is 57.9 Å². The van der Waals surface area contributed by atoms with Crippen molar-refractivity contribution in [3.8, 4) is 28.5 Å². The highest BCUT2D eigenvalue weighted by Crippen LogP contribution is 2.26. The van der Waals surface area contributed by atoms with Crippen LogP contribution in [-0.2, 0) is 13.6 Å². The predicted octanol–water partition coefficient (Wildman–Crippen LogP) is 6.90. The van der Waals surface area contributed by atoms with E-state index in [0.29, 0.717) is 42.7 Å². The average molecular weight is 657 g/mol. The van der Waals surface area contributed by atoms with E-state index < -0.39 is 0 Å². The highest BCUT2D eigenvalue weighted by atomic mass is 16.2. The van der Waals surface area contributed by atoms with Crippen molar-refractivity contribution in [3.05, 3.63) is 103 Å². The van der Waals surface area contributed by atoms with Crippen LogP contribution in [0.4, 0.5) is 22.2 Å². The maximum absolute atomic E-state index is 13.7. The van der Waals surface area contributed by atoms with Crippen LogP contribution < -0.4 is 20.4 Å². The summed E-state index contributed by atoms with van der Waals surface area (Å²) in [7, 11) is 5.86. The van der Waals surface area contributed by atoms with E-state index in [0.717, 1.165) is 53.6 Å². The number of nitrogens with one attached hydrogen (secondary N) is 2. The van der Waals surface area contributed by atoms with E-state index in [4.69, 9.17) is 9.97 Å². The first-order valence-corrected chi connectivity index (χ1v) is 16.7. The number of anilines is 3. The Balaban J connectivity index is 1.25. The average Bonchev–Trinajstić information content (AvgIpc) is 3.57. The number of hydrogen-bond donors (Lipinski definition) is 2. The largest absolute Gasteiger partial charge is 0.378 e. The van der Waals surface area contributed by atoms with Gasteiger partial charge in [-0.25, -0.2) is 19.7 Å². The van der Waals surface area contributed by atoms with Crippen LogP contribution in [0.15, 0.2) is 91.5 Å². The van der Waals surface area contributed by atoms with Gasteiger partial charge in [-0.15, -0.1) is 0 Å². The monoisotopic (exact) mass is 656 g/mol. The van der Waals surface area contributed by atoms with Crippen molar-refractivity contribution < 1.29 is 4.79 Å². The number of carbonyl (C=O) groups excluding carboxylic acids is 1. The van der Waals surface area contributed by atoms with E-state index in [1.807, 2.05) is 99.0 Å². The highest BCUT2D eigenvalue weighted by Gasteiger charge is 2.22. The van der Waals surface area contributed by atoms with Gasteiger partial charge in [0.25, 0.3) is 0 Å². The highest BCUT2D eigenvalue weighted by molar-refractivity contribution is 5.91. The molecule has 0 spiro atoms. The maximum Gasteiger partial charge on any atom is 0.323 e. The molecule has 0 unspecified atom stereocenters. The molecule has 0 radical (unpaired) electrons. The first kappa shape index (κ1) is 34.6. The molecule has 0 aliphatic heterocycles. The Hall–Kier alpha value is -5.76. The third-order valence-corrected chi connectivity index (χ3v) is 8.37. The van der Waals surface area contributed by atoms with Crippen LogP contribution in [0.1, 0.15) is 43.7 Å². The Morgan fingerprint density at radius 2 is 1.71 bits per heavy atom. The standard InChI is InChI=1S/C38H44N10O/c1-5-10-29(13-9-20-40-37-42-24-32(21-39)36(45-37)30-14-17-34(18-15-30)46(2)3)26-48(38(49)43-22-28-11-7-6-8-12-28)35-19-16-31(23-41-35)33-25-44-47(4)27-33/h6-8,11-12,14-19,23-25,27,29H,5,9-10,13,20,22,26H2,1-4H3,(H,43,49)(H,40,42,45)/t29-/m0/s1. The Bertz CT molecular complexity index is 1830. The number of rotatable bonds is 15. The summed E-state index contributed by atoms with van der Waals surface area (Å²) in [6.07, 6.45) is 10.8. The first-order valence-electron chi connectivity index (χ1n) is 16.7. The molecule has 11 heteroatoms. The second kappa shape index (κ2) is 16.9. The lowest BCUT2D eigenvalue weighted by Gasteiger charge is -2.27. The van der Waals surface area contributed by atoms with Gasteiger partial charge in [0, 0.05) is 75.5 Å². The molecule has 3 heterocycles. The number of pyridine rings is 1. The minimum Gasteiger partial charge on any atom is -0.378 e. The number of nitriles is 1. The zero-order valence-electron chi connectivity index (χ0n) is 28.7. The Kier molecular flexibility index (Phi) is 11.9. The van der Waals surface area contributed by atoms with Gasteiger partial charge in [0.2, 0.25) is 5.95 Å². The van der Waals surface area contributed by atoms with Gasteiger partial charge < -0.3 is 15.5 Å². The summed E-state index contributed by atoms with van der Waals surface area (Å²) < 4.78 is 1.76. The normalized spacial score (nSPS) is 11.4. The fraction of sp³-hybridized carbons (Fsp3) is 0.316.